The maximum atomic E-state index is 12.3. The Bertz CT molecular complexity index is 636. The highest BCUT2D eigenvalue weighted by Gasteiger charge is 2.21. The molecule has 102 valence electrons. The summed E-state index contributed by atoms with van der Waals surface area (Å²) in [7, 11) is 0. The number of carbonyl (C=O) groups is 1. The monoisotopic (exact) mass is 266 g/mol. The van der Waals surface area contributed by atoms with Crippen LogP contribution in [0.4, 0.5) is 5.69 Å². The molecule has 1 amide bonds. The first-order chi connectivity index (χ1) is 9.74. The van der Waals surface area contributed by atoms with Crippen LogP contribution >= 0.6 is 0 Å². The molecule has 0 aromatic heterocycles. The Hall–Kier alpha value is -2.13. The lowest BCUT2D eigenvalue weighted by Crippen LogP contribution is -2.35. The van der Waals surface area contributed by atoms with Gasteiger partial charge in [0.2, 0.25) is 5.91 Å². The number of carbonyl (C=O) groups excluding carboxylic acids is 1. The van der Waals surface area contributed by atoms with Crippen molar-refractivity contribution in [3.8, 4) is 0 Å². The lowest BCUT2D eigenvalue weighted by Gasteiger charge is -2.23. The van der Waals surface area contributed by atoms with Crippen molar-refractivity contribution in [2.75, 3.05) is 11.4 Å². The molecule has 2 aromatic rings. The Labute approximate surface area is 119 Å². The normalized spacial score (nSPS) is 14.8. The lowest BCUT2D eigenvalue weighted by molar-refractivity contribution is -0.117. The van der Waals surface area contributed by atoms with Gasteiger partial charge in [-0.3, -0.25) is 4.79 Å². The molecular weight excluding hydrogens is 248 g/mol. The van der Waals surface area contributed by atoms with E-state index >= 15 is 0 Å². The summed E-state index contributed by atoms with van der Waals surface area (Å²) in [6, 6.07) is 16.4. The van der Waals surface area contributed by atoms with Crippen LogP contribution in [0.25, 0.3) is 0 Å². The van der Waals surface area contributed by atoms with E-state index in [9.17, 15) is 4.79 Å². The summed E-state index contributed by atoms with van der Waals surface area (Å²) in [5, 5.41) is 3.19. The Kier molecular flexibility index (Phi) is 3.52. The van der Waals surface area contributed by atoms with Crippen LogP contribution < -0.4 is 10.2 Å². The molecule has 1 N–H and O–H groups in total. The molecule has 0 radical (unpaired) electrons. The highest BCUT2D eigenvalue weighted by molar-refractivity contribution is 5.96. The molecular formula is C17H18N2O. The van der Waals surface area contributed by atoms with Gasteiger partial charge in [-0.25, -0.2) is 0 Å². The van der Waals surface area contributed by atoms with Crippen LogP contribution in [0.1, 0.15) is 16.7 Å². The molecule has 1 aliphatic rings. The van der Waals surface area contributed by atoms with Crippen molar-refractivity contribution < 1.29 is 4.79 Å². The molecule has 3 heteroatoms. The predicted octanol–water partition coefficient (Wildman–Crippen LogP) is 2.63. The van der Waals surface area contributed by atoms with Crippen molar-refractivity contribution in [3.63, 3.8) is 0 Å². The second kappa shape index (κ2) is 5.47. The first-order valence-corrected chi connectivity index (χ1v) is 6.88. The van der Waals surface area contributed by atoms with Gasteiger partial charge in [0.15, 0.2) is 0 Å². The number of nitrogens with zero attached hydrogens (tertiary/aromatic N) is 1. The van der Waals surface area contributed by atoms with Gasteiger partial charge in [0.1, 0.15) is 0 Å². The molecule has 0 saturated heterocycles. The van der Waals surface area contributed by atoms with Gasteiger partial charge in [-0.15, -0.1) is 0 Å². The average molecular weight is 266 g/mol. The number of nitrogens with one attached hydrogen (secondary N) is 1. The molecule has 0 saturated carbocycles. The minimum atomic E-state index is 0.122. The largest absolute Gasteiger partial charge is 0.307 e. The van der Waals surface area contributed by atoms with Crippen molar-refractivity contribution in [2.24, 2.45) is 0 Å². The van der Waals surface area contributed by atoms with Crippen LogP contribution in [0.2, 0.25) is 0 Å². The molecule has 1 aliphatic heterocycles. The maximum absolute atomic E-state index is 12.3. The molecule has 0 atom stereocenters. The minimum Gasteiger partial charge on any atom is -0.307 e. The van der Waals surface area contributed by atoms with Crippen LogP contribution in [0.5, 0.6) is 0 Å². The number of rotatable bonds is 2. The summed E-state index contributed by atoms with van der Waals surface area (Å²) in [4.78, 5) is 14.2. The van der Waals surface area contributed by atoms with E-state index in [1.165, 1.54) is 11.1 Å². The second-order valence-electron chi connectivity index (χ2n) is 5.20. The van der Waals surface area contributed by atoms with Crippen molar-refractivity contribution in [1.82, 2.24) is 5.32 Å². The van der Waals surface area contributed by atoms with Crippen LogP contribution in [0, 0.1) is 6.92 Å². The SMILES string of the molecule is Cc1cccc(CN2C(=O)CNCc3ccccc32)c1. The van der Waals surface area contributed by atoms with E-state index in [0.29, 0.717) is 13.1 Å². The fourth-order valence-corrected chi connectivity index (χ4v) is 2.62. The van der Waals surface area contributed by atoms with Crippen molar-refractivity contribution in [1.29, 1.82) is 0 Å². The molecule has 0 bridgehead atoms. The summed E-state index contributed by atoms with van der Waals surface area (Å²) in [5.74, 6) is 0.122. The van der Waals surface area contributed by atoms with E-state index in [2.05, 4.69) is 36.5 Å². The quantitative estimate of drug-likeness (QED) is 0.906. The Morgan fingerprint density at radius 3 is 2.80 bits per heavy atom. The summed E-state index contributed by atoms with van der Waals surface area (Å²) in [6.45, 7) is 3.83. The summed E-state index contributed by atoms with van der Waals surface area (Å²) in [6.07, 6.45) is 0. The summed E-state index contributed by atoms with van der Waals surface area (Å²) < 4.78 is 0. The number of hydrogen-bond acceptors (Lipinski definition) is 2. The molecule has 0 unspecified atom stereocenters. The zero-order valence-corrected chi connectivity index (χ0v) is 11.6. The third kappa shape index (κ3) is 2.58. The van der Waals surface area contributed by atoms with Crippen LogP contribution in [0.3, 0.4) is 0 Å². The first-order valence-electron chi connectivity index (χ1n) is 6.88. The predicted molar refractivity (Wildman–Crippen MR) is 80.5 cm³/mol. The van der Waals surface area contributed by atoms with E-state index < -0.39 is 0 Å². The Morgan fingerprint density at radius 2 is 1.95 bits per heavy atom. The van der Waals surface area contributed by atoms with Crippen LogP contribution in [-0.4, -0.2) is 12.5 Å². The second-order valence-corrected chi connectivity index (χ2v) is 5.20. The van der Waals surface area contributed by atoms with Gasteiger partial charge < -0.3 is 10.2 Å². The van der Waals surface area contributed by atoms with Gasteiger partial charge in [-0.05, 0) is 24.1 Å². The number of anilines is 1. The molecule has 3 nitrogen and oxygen atoms in total. The van der Waals surface area contributed by atoms with Gasteiger partial charge >= 0.3 is 0 Å². The molecule has 0 spiro atoms. The highest BCUT2D eigenvalue weighted by Crippen LogP contribution is 2.24. The fourth-order valence-electron chi connectivity index (χ4n) is 2.62. The number of para-hydroxylation sites is 1. The maximum Gasteiger partial charge on any atom is 0.241 e. The molecule has 1 heterocycles. The van der Waals surface area contributed by atoms with E-state index in [0.717, 1.165) is 17.8 Å². The van der Waals surface area contributed by atoms with Gasteiger partial charge in [0.25, 0.3) is 0 Å². The third-order valence-electron chi connectivity index (χ3n) is 3.60. The zero-order valence-electron chi connectivity index (χ0n) is 11.6. The van der Waals surface area contributed by atoms with Gasteiger partial charge in [0, 0.05) is 12.2 Å². The first kappa shape index (κ1) is 12.9. The number of hydrogen-bond donors (Lipinski definition) is 1. The third-order valence-corrected chi connectivity index (χ3v) is 3.60. The molecule has 3 rings (SSSR count). The van der Waals surface area contributed by atoms with E-state index in [1.54, 1.807) is 0 Å². The molecule has 0 fully saturated rings. The number of aryl methyl sites for hydroxylation is 1. The van der Waals surface area contributed by atoms with Crippen LogP contribution in [-0.2, 0) is 17.9 Å². The zero-order chi connectivity index (χ0) is 13.9. The minimum absolute atomic E-state index is 0.122. The van der Waals surface area contributed by atoms with Crippen molar-refractivity contribution >= 4 is 11.6 Å². The van der Waals surface area contributed by atoms with Gasteiger partial charge in [-0.1, -0.05) is 48.0 Å². The summed E-state index contributed by atoms with van der Waals surface area (Å²) >= 11 is 0. The van der Waals surface area contributed by atoms with Gasteiger partial charge in [-0.2, -0.15) is 0 Å². The fraction of sp³-hybridized carbons (Fsp3) is 0.235. The standard InChI is InChI=1S/C17H18N2O/c1-13-5-4-6-14(9-13)12-19-16-8-3-2-7-15(16)10-18-11-17(19)20/h2-9,18H,10-12H2,1H3. The molecule has 2 aromatic carbocycles. The smallest absolute Gasteiger partial charge is 0.241 e. The Morgan fingerprint density at radius 1 is 1.10 bits per heavy atom. The highest BCUT2D eigenvalue weighted by atomic mass is 16.2. The average Bonchev–Trinajstić information content (AvgIpc) is 2.59. The van der Waals surface area contributed by atoms with E-state index in [1.807, 2.05) is 29.2 Å². The number of amides is 1. The number of fused-ring (bicyclic) bond motifs is 1. The van der Waals surface area contributed by atoms with E-state index in [4.69, 9.17) is 0 Å². The molecule has 0 aliphatic carbocycles. The van der Waals surface area contributed by atoms with Gasteiger partial charge in [0.05, 0.1) is 13.1 Å². The topological polar surface area (TPSA) is 32.3 Å². The molecule has 20 heavy (non-hydrogen) atoms. The number of benzene rings is 2. The lowest BCUT2D eigenvalue weighted by atomic mass is 10.1. The van der Waals surface area contributed by atoms with Crippen LogP contribution in [0.15, 0.2) is 48.5 Å². The van der Waals surface area contributed by atoms with Crippen molar-refractivity contribution in [3.05, 3.63) is 65.2 Å². The van der Waals surface area contributed by atoms with Crippen molar-refractivity contribution in [2.45, 2.75) is 20.0 Å². The summed E-state index contributed by atoms with van der Waals surface area (Å²) in [5.41, 5.74) is 4.57. The Balaban J connectivity index is 1.96. The van der Waals surface area contributed by atoms with E-state index in [-0.39, 0.29) is 5.91 Å².